The average molecular weight is 413 g/mol. The van der Waals surface area contributed by atoms with Gasteiger partial charge in [-0.15, -0.1) is 0 Å². The second-order valence-electron chi connectivity index (χ2n) is 6.67. The molecule has 3 N–H and O–H groups in total. The first kappa shape index (κ1) is 21.5. The van der Waals surface area contributed by atoms with Gasteiger partial charge in [-0.3, -0.25) is 4.79 Å². The van der Waals surface area contributed by atoms with Crippen LogP contribution in [-0.4, -0.2) is 46.3 Å². The molecule has 0 aliphatic heterocycles. The van der Waals surface area contributed by atoms with Gasteiger partial charge in [0.25, 0.3) is 5.89 Å². The molecule has 3 rings (SSSR count). The van der Waals surface area contributed by atoms with Crippen LogP contribution in [0.1, 0.15) is 17.8 Å². The largest absolute Gasteiger partial charge is 0.497 e. The predicted molar refractivity (Wildman–Crippen MR) is 107 cm³/mol. The second kappa shape index (κ2) is 9.99. The molecule has 30 heavy (non-hydrogen) atoms. The SMILES string of the molecule is COc1cc(F)cc(CC(NC(=O)CCc2noc(-c3ccccc3)n2)B(O)O)c1. The van der Waals surface area contributed by atoms with E-state index in [2.05, 4.69) is 15.5 Å². The summed E-state index contributed by atoms with van der Waals surface area (Å²) in [5.74, 6) is -0.951. The fraction of sp³-hybridized carbons (Fsp3) is 0.250. The zero-order valence-electron chi connectivity index (χ0n) is 16.3. The summed E-state index contributed by atoms with van der Waals surface area (Å²) in [5, 5.41) is 25.6. The Morgan fingerprint density at radius 2 is 2.03 bits per heavy atom. The van der Waals surface area contributed by atoms with Crippen LogP contribution in [0.25, 0.3) is 11.5 Å². The lowest BCUT2D eigenvalue weighted by Gasteiger charge is -2.18. The Hall–Kier alpha value is -3.24. The number of carbonyl (C=O) groups is 1. The minimum Gasteiger partial charge on any atom is -0.497 e. The lowest BCUT2D eigenvalue weighted by molar-refractivity contribution is -0.121. The van der Waals surface area contributed by atoms with Crippen molar-refractivity contribution in [3.8, 4) is 17.2 Å². The van der Waals surface area contributed by atoms with Gasteiger partial charge < -0.3 is 24.6 Å². The molecule has 1 heterocycles. The average Bonchev–Trinajstić information content (AvgIpc) is 3.21. The molecule has 10 heteroatoms. The first-order valence-corrected chi connectivity index (χ1v) is 9.31. The molecule has 0 fully saturated rings. The molecule has 0 aliphatic carbocycles. The van der Waals surface area contributed by atoms with Crippen LogP contribution in [0, 0.1) is 5.82 Å². The van der Waals surface area contributed by atoms with Crippen LogP contribution < -0.4 is 10.1 Å². The normalized spacial score (nSPS) is 11.7. The fourth-order valence-electron chi connectivity index (χ4n) is 2.90. The summed E-state index contributed by atoms with van der Waals surface area (Å²) in [6.45, 7) is 0. The Bertz CT molecular complexity index is 984. The molecule has 0 aliphatic rings. The minimum absolute atomic E-state index is 0.0118. The Morgan fingerprint density at radius 3 is 2.73 bits per heavy atom. The van der Waals surface area contributed by atoms with E-state index in [4.69, 9.17) is 9.26 Å². The van der Waals surface area contributed by atoms with E-state index in [1.165, 1.54) is 19.2 Å². The van der Waals surface area contributed by atoms with Gasteiger partial charge in [-0.05, 0) is 36.2 Å². The minimum atomic E-state index is -1.82. The van der Waals surface area contributed by atoms with E-state index in [1.54, 1.807) is 6.07 Å². The number of ether oxygens (including phenoxy) is 1. The van der Waals surface area contributed by atoms with Gasteiger partial charge in [0.2, 0.25) is 5.91 Å². The van der Waals surface area contributed by atoms with Gasteiger partial charge in [0.15, 0.2) is 5.82 Å². The van der Waals surface area contributed by atoms with Crippen LogP contribution >= 0.6 is 0 Å². The standard InChI is InChI=1S/C20H21BFN3O5/c1-29-16-10-13(9-15(22)12-16)11-17(21(27)28)23-19(26)8-7-18-24-20(30-25-18)14-5-3-2-4-6-14/h2-6,9-10,12,17,27-28H,7-8,11H2,1H3,(H,23,26). The van der Waals surface area contributed by atoms with Gasteiger partial charge in [0.05, 0.1) is 13.1 Å². The Kier molecular flexibility index (Phi) is 7.15. The number of aromatic nitrogens is 2. The van der Waals surface area contributed by atoms with Gasteiger partial charge in [-0.25, -0.2) is 4.39 Å². The molecule has 156 valence electrons. The number of benzene rings is 2. The Morgan fingerprint density at radius 1 is 1.27 bits per heavy atom. The molecule has 0 bridgehead atoms. The lowest BCUT2D eigenvalue weighted by Crippen LogP contribution is -2.48. The monoisotopic (exact) mass is 413 g/mol. The van der Waals surface area contributed by atoms with Crippen molar-refractivity contribution in [3.63, 3.8) is 0 Å². The molecule has 0 spiro atoms. The topological polar surface area (TPSA) is 118 Å². The Balaban J connectivity index is 1.57. The summed E-state index contributed by atoms with van der Waals surface area (Å²) in [6.07, 6.45) is 0.242. The number of rotatable bonds is 9. The van der Waals surface area contributed by atoms with E-state index < -0.39 is 24.8 Å². The van der Waals surface area contributed by atoms with Crippen LogP contribution in [0.2, 0.25) is 0 Å². The van der Waals surface area contributed by atoms with Crippen molar-refractivity contribution >= 4 is 13.0 Å². The lowest BCUT2D eigenvalue weighted by atomic mass is 9.76. The van der Waals surface area contributed by atoms with Gasteiger partial charge in [0.1, 0.15) is 11.6 Å². The number of hydrogen-bond donors (Lipinski definition) is 3. The van der Waals surface area contributed by atoms with Crippen molar-refractivity contribution in [2.45, 2.75) is 25.2 Å². The van der Waals surface area contributed by atoms with Crippen LogP contribution in [0.3, 0.4) is 0 Å². The Labute approximate surface area is 172 Å². The third kappa shape index (κ3) is 5.88. The van der Waals surface area contributed by atoms with Crippen molar-refractivity contribution in [2.75, 3.05) is 7.11 Å². The van der Waals surface area contributed by atoms with Crippen molar-refractivity contribution in [2.24, 2.45) is 0 Å². The van der Waals surface area contributed by atoms with Crippen LogP contribution in [0.15, 0.2) is 53.1 Å². The first-order valence-electron chi connectivity index (χ1n) is 9.31. The molecule has 1 unspecified atom stereocenters. The summed E-state index contributed by atoms with van der Waals surface area (Å²) in [6, 6.07) is 13.3. The summed E-state index contributed by atoms with van der Waals surface area (Å²) in [4.78, 5) is 16.5. The second-order valence-corrected chi connectivity index (χ2v) is 6.67. The molecular formula is C20H21BFN3O5. The van der Waals surface area contributed by atoms with Crippen molar-refractivity contribution in [1.82, 2.24) is 15.5 Å². The van der Waals surface area contributed by atoms with Crippen molar-refractivity contribution < 1.29 is 28.5 Å². The maximum atomic E-state index is 13.6. The van der Waals surface area contributed by atoms with Crippen LogP contribution in [0.5, 0.6) is 5.75 Å². The smallest absolute Gasteiger partial charge is 0.475 e. The highest BCUT2D eigenvalue weighted by Gasteiger charge is 2.26. The summed E-state index contributed by atoms with van der Waals surface area (Å²) in [7, 11) is -0.419. The number of carbonyl (C=O) groups excluding carboxylic acids is 1. The molecular weight excluding hydrogens is 392 g/mol. The summed E-state index contributed by atoms with van der Waals surface area (Å²) >= 11 is 0. The molecule has 0 saturated heterocycles. The van der Waals surface area contributed by atoms with Gasteiger partial charge >= 0.3 is 7.12 Å². The summed E-state index contributed by atoms with van der Waals surface area (Å²) < 4.78 is 23.8. The van der Waals surface area contributed by atoms with Crippen molar-refractivity contribution in [1.29, 1.82) is 0 Å². The highest BCUT2D eigenvalue weighted by Crippen LogP contribution is 2.18. The molecule has 8 nitrogen and oxygen atoms in total. The highest BCUT2D eigenvalue weighted by molar-refractivity contribution is 6.43. The van der Waals surface area contributed by atoms with E-state index in [-0.39, 0.29) is 19.3 Å². The van der Waals surface area contributed by atoms with E-state index in [1.807, 2.05) is 30.3 Å². The highest BCUT2D eigenvalue weighted by atomic mass is 19.1. The number of halogens is 1. The number of methoxy groups -OCH3 is 1. The fourth-order valence-corrected chi connectivity index (χ4v) is 2.90. The molecule has 2 aromatic carbocycles. The number of amides is 1. The number of aryl methyl sites for hydroxylation is 1. The quantitative estimate of drug-likeness (QED) is 0.456. The zero-order valence-corrected chi connectivity index (χ0v) is 16.3. The molecule has 1 amide bonds. The number of nitrogens with zero attached hydrogens (tertiary/aromatic N) is 2. The van der Waals surface area contributed by atoms with Crippen LogP contribution in [0.4, 0.5) is 4.39 Å². The maximum Gasteiger partial charge on any atom is 0.475 e. The van der Waals surface area contributed by atoms with Crippen molar-refractivity contribution in [3.05, 3.63) is 65.7 Å². The van der Waals surface area contributed by atoms with E-state index >= 15 is 0 Å². The van der Waals surface area contributed by atoms with Gasteiger partial charge in [-0.1, -0.05) is 23.4 Å². The number of hydrogen-bond acceptors (Lipinski definition) is 7. The molecule has 1 atom stereocenters. The van der Waals surface area contributed by atoms with Gasteiger partial charge in [0, 0.05) is 24.5 Å². The third-order valence-corrected chi connectivity index (χ3v) is 4.39. The molecule has 3 aromatic rings. The maximum absolute atomic E-state index is 13.6. The van der Waals surface area contributed by atoms with E-state index in [0.29, 0.717) is 23.0 Å². The van der Waals surface area contributed by atoms with E-state index in [9.17, 15) is 19.2 Å². The first-order chi connectivity index (χ1) is 14.4. The molecule has 1 aromatic heterocycles. The number of nitrogens with one attached hydrogen (secondary N) is 1. The zero-order chi connectivity index (χ0) is 21.5. The van der Waals surface area contributed by atoms with Gasteiger partial charge in [-0.2, -0.15) is 4.98 Å². The predicted octanol–water partition coefficient (Wildman–Crippen LogP) is 1.56. The summed E-state index contributed by atoms with van der Waals surface area (Å²) in [5.41, 5.74) is 1.23. The third-order valence-electron chi connectivity index (χ3n) is 4.39. The van der Waals surface area contributed by atoms with E-state index in [0.717, 1.165) is 5.56 Å². The van der Waals surface area contributed by atoms with Crippen LogP contribution in [-0.2, 0) is 17.6 Å². The molecule has 0 saturated carbocycles. The molecule has 0 radical (unpaired) electrons.